The Morgan fingerprint density at radius 2 is 1.77 bits per heavy atom. The Bertz CT molecular complexity index is 843. The van der Waals surface area contributed by atoms with Crippen molar-refractivity contribution >= 4 is 29.4 Å². The monoisotopic (exact) mass is 371 g/mol. The fourth-order valence-electron chi connectivity index (χ4n) is 5.15. The first-order valence-corrected chi connectivity index (χ1v) is 9.34. The van der Waals surface area contributed by atoms with Crippen LogP contribution < -0.4 is 4.74 Å². The van der Waals surface area contributed by atoms with Crippen molar-refractivity contribution in [3.05, 3.63) is 40.9 Å². The van der Waals surface area contributed by atoms with Crippen LogP contribution in [0, 0.1) is 42.4 Å². The summed E-state index contributed by atoms with van der Waals surface area (Å²) in [5.74, 6) is 0.159. The van der Waals surface area contributed by atoms with E-state index in [0.29, 0.717) is 22.6 Å². The van der Waals surface area contributed by atoms with Gasteiger partial charge in [-0.15, -0.1) is 0 Å². The van der Waals surface area contributed by atoms with Crippen molar-refractivity contribution in [3.63, 3.8) is 0 Å². The summed E-state index contributed by atoms with van der Waals surface area (Å²) in [4.78, 5) is 39.1. The maximum Gasteiger partial charge on any atom is 0.331 e. The Kier molecular flexibility index (Phi) is 3.35. The second-order valence-electron chi connectivity index (χ2n) is 7.80. The van der Waals surface area contributed by atoms with Crippen LogP contribution in [-0.2, 0) is 14.4 Å². The number of carbonyl (C=O) groups excluding carboxylic acids is 3. The van der Waals surface area contributed by atoms with Gasteiger partial charge in [0.25, 0.3) is 0 Å². The highest BCUT2D eigenvalue weighted by atomic mass is 35.5. The summed E-state index contributed by atoms with van der Waals surface area (Å²) >= 11 is 5.97. The third-order valence-electron chi connectivity index (χ3n) is 6.40. The van der Waals surface area contributed by atoms with Gasteiger partial charge in [0.15, 0.2) is 0 Å². The molecule has 1 aliphatic heterocycles. The number of rotatable bonds is 3. The Hall–Kier alpha value is -2.14. The summed E-state index contributed by atoms with van der Waals surface area (Å²) in [7, 11) is 0. The number of imide groups is 1. The molecule has 6 atom stereocenters. The van der Waals surface area contributed by atoms with E-state index in [1.807, 2.05) is 6.92 Å². The van der Waals surface area contributed by atoms with Gasteiger partial charge < -0.3 is 4.74 Å². The van der Waals surface area contributed by atoms with Crippen molar-refractivity contribution in [1.29, 1.82) is 0 Å². The summed E-state index contributed by atoms with van der Waals surface area (Å²) in [6.07, 6.45) is 5.35. The largest absolute Gasteiger partial charge is 0.425 e. The Balaban J connectivity index is 1.32. The number of carbonyl (C=O) groups is 3. The molecule has 1 saturated heterocycles. The molecular formula is C20H18ClNO4. The molecule has 1 aromatic rings. The SMILES string of the molecule is Cc1cc(OC(=O)CN2C(=O)[C@@H]3[C@@H]4C=C[C@H]([C@H]5C[C@H]45)[C@@H]3C2=O)ccc1Cl. The van der Waals surface area contributed by atoms with Gasteiger partial charge in [0.05, 0.1) is 11.8 Å². The summed E-state index contributed by atoms with van der Waals surface area (Å²) in [5, 5.41) is 0.584. The van der Waals surface area contributed by atoms with Crippen LogP contribution in [-0.4, -0.2) is 29.2 Å². The van der Waals surface area contributed by atoms with Crippen LogP contribution in [0.2, 0.25) is 5.02 Å². The van der Waals surface area contributed by atoms with Crippen molar-refractivity contribution in [2.24, 2.45) is 35.5 Å². The van der Waals surface area contributed by atoms with Crippen molar-refractivity contribution < 1.29 is 19.1 Å². The summed E-state index contributed by atoms with van der Waals surface area (Å²) < 4.78 is 5.30. The number of halogens is 1. The van der Waals surface area contributed by atoms with Crippen LogP contribution in [0.25, 0.3) is 0 Å². The molecule has 0 N–H and O–H groups in total. The van der Waals surface area contributed by atoms with Crippen molar-refractivity contribution in [2.75, 3.05) is 6.54 Å². The van der Waals surface area contributed by atoms with E-state index < -0.39 is 5.97 Å². The van der Waals surface area contributed by atoms with Crippen LogP contribution in [0.15, 0.2) is 30.4 Å². The number of hydrogen-bond acceptors (Lipinski definition) is 4. The zero-order chi connectivity index (χ0) is 18.2. The number of ether oxygens (including phenoxy) is 1. The molecule has 134 valence electrons. The van der Waals surface area contributed by atoms with Crippen molar-refractivity contribution in [3.8, 4) is 5.75 Å². The van der Waals surface area contributed by atoms with Crippen LogP contribution in [0.4, 0.5) is 0 Å². The third-order valence-corrected chi connectivity index (χ3v) is 6.83. The molecule has 0 unspecified atom stereocenters. The molecule has 5 aliphatic rings. The molecule has 5 nitrogen and oxygen atoms in total. The molecule has 4 aliphatic carbocycles. The molecule has 0 radical (unpaired) electrons. The number of aryl methyl sites for hydroxylation is 1. The molecule has 6 heteroatoms. The molecule has 3 fully saturated rings. The molecule has 2 saturated carbocycles. The van der Waals surface area contributed by atoms with Gasteiger partial charge in [-0.05, 0) is 60.8 Å². The van der Waals surface area contributed by atoms with E-state index in [4.69, 9.17) is 16.3 Å². The minimum absolute atomic E-state index is 0.159. The predicted molar refractivity (Wildman–Crippen MR) is 93.2 cm³/mol. The molecule has 2 amide bonds. The van der Waals surface area contributed by atoms with Gasteiger partial charge in [-0.3, -0.25) is 14.5 Å². The highest BCUT2D eigenvalue weighted by Gasteiger charge is 2.67. The number of amides is 2. The number of benzene rings is 1. The fourth-order valence-corrected chi connectivity index (χ4v) is 5.27. The number of hydrogen-bond donors (Lipinski definition) is 0. The van der Waals surface area contributed by atoms with Gasteiger partial charge in [-0.1, -0.05) is 23.8 Å². The van der Waals surface area contributed by atoms with Gasteiger partial charge in [0.2, 0.25) is 11.8 Å². The second-order valence-corrected chi connectivity index (χ2v) is 8.21. The lowest BCUT2D eigenvalue weighted by molar-refractivity contribution is -0.148. The summed E-state index contributed by atoms with van der Waals surface area (Å²) in [6, 6.07) is 4.90. The quantitative estimate of drug-likeness (QED) is 0.354. The summed E-state index contributed by atoms with van der Waals surface area (Å²) in [5.41, 5.74) is 0.790. The van der Waals surface area contributed by atoms with Crippen molar-refractivity contribution in [2.45, 2.75) is 13.3 Å². The van der Waals surface area contributed by atoms with E-state index in [1.165, 1.54) is 0 Å². The van der Waals surface area contributed by atoms with Crippen LogP contribution in [0.3, 0.4) is 0 Å². The molecule has 1 aromatic carbocycles. The topological polar surface area (TPSA) is 63.7 Å². The highest BCUT2D eigenvalue weighted by molar-refractivity contribution is 6.31. The number of likely N-dealkylation sites (tertiary alicyclic amines) is 1. The first-order valence-electron chi connectivity index (χ1n) is 8.96. The maximum atomic E-state index is 12.8. The number of nitrogens with zero attached hydrogens (tertiary/aromatic N) is 1. The second kappa shape index (κ2) is 5.43. The van der Waals surface area contributed by atoms with Crippen molar-refractivity contribution in [1.82, 2.24) is 4.90 Å². The van der Waals surface area contributed by atoms with Crippen LogP contribution in [0.5, 0.6) is 5.75 Å². The average molecular weight is 372 g/mol. The normalized spacial score (nSPS) is 36.2. The zero-order valence-corrected chi connectivity index (χ0v) is 15.0. The maximum absolute atomic E-state index is 12.8. The van der Waals surface area contributed by atoms with E-state index >= 15 is 0 Å². The lowest BCUT2D eigenvalue weighted by Crippen LogP contribution is -2.40. The Labute approximate surface area is 155 Å². The molecule has 26 heavy (non-hydrogen) atoms. The minimum atomic E-state index is -0.613. The predicted octanol–water partition coefficient (Wildman–Crippen LogP) is 2.61. The average Bonchev–Trinajstić information content (AvgIpc) is 3.39. The fraction of sp³-hybridized carbons (Fsp3) is 0.450. The smallest absolute Gasteiger partial charge is 0.331 e. The lowest BCUT2D eigenvalue weighted by atomic mass is 9.63. The zero-order valence-electron chi connectivity index (χ0n) is 14.2. The van der Waals surface area contributed by atoms with E-state index in [2.05, 4.69) is 12.2 Å². The first-order chi connectivity index (χ1) is 12.5. The van der Waals surface area contributed by atoms with Gasteiger partial charge in [-0.25, -0.2) is 4.79 Å². The first kappa shape index (κ1) is 16.1. The molecule has 2 bridgehead atoms. The van der Waals surface area contributed by atoms with Gasteiger partial charge in [0, 0.05) is 5.02 Å². The van der Waals surface area contributed by atoms with Gasteiger partial charge in [0.1, 0.15) is 12.3 Å². The van der Waals surface area contributed by atoms with E-state index in [1.54, 1.807) is 18.2 Å². The van der Waals surface area contributed by atoms with E-state index in [-0.39, 0.29) is 42.0 Å². The number of esters is 1. The molecule has 0 spiro atoms. The molecule has 6 rings (SSSR count). The van der Waals surface area contributed by atoms with Crippen LogP contribution >= 0.6 is 11.6 Å². The Morgan fingerprint density at radius 3 is 2.35 bits per heavy atom. The van der Waals surface area contributed by atoms with E-state index in [0.717, 1.165) is 16.9 Å². The standard InChI is InChI=1S/C20H18ClNO4/c1-9-6-10(2-5-15(9)21)26-16(23)8-22-19(24)17-11-3-4-12(14-7-13(11)14)18(17)20(22)25/h2-6,11-14,17-18H,7-8H2,1H3/t11-,12-,13-,14-,17-,18+/m1/s1. The highest BCUT2D eigenvalue weighted by Crippen LogP contribution is 2.65. The lowest BCUT2D eigenvalue weighted by Gasteiger charge is -2.37. The van der Waals surface area contributed by atoms with Crippen LogP contribution in [0.1, 0.15) is 12.0 Å². The Morgan fingerprint density at radius 1 is 1.15 bits per heavy atom. The third kappa shape index (κ3) is 2.19. The van der Waals surface area contributed by atoms with Gasteiger partial charge in [-0.2, -0.15) is 0 Å². The minimum Gasteiger partial charge on any atom is -0.425 e. The molecule has 0 aromatic heterocycles. The summed E-state index contributed by atoms with van der Waals surface area (Å²) in [6.45, 7) is 1.48. The molecule has 1 heterocycles. The van der Waals surface area contributed by atoms with Gasteiger partial charge >= 0.3 is 5.97 Å². The molecular weight excluding hydrogens is 354 g/mol. The van der Waals surface area contributed by atoms with E-state index in [9.17, 15) is 14.4 Å². The number of allylic oxidation sites excluding steroid dienone is 2.